The van der Waals surface area contributed by atoms with Gasteiger partial charge < -0.3 is 14.6 Å². The van der Waals surface area contributed by atoms with Gasteiger partial charge >= 0.3 is 0 Å². The molecule has 5 nitrogen and oxygen atoms in total. The molecule has 3 aromatic carbocycles. The highest BCUT2D eigenvalue weighted by Gasteiger charge is 2.20. The molecule has 4 rings (SSSR count). The number of benzene rings is 3. The van der Waals surface area contributed by atoms with Crippen molar-refractivity contribution in [1.82, 2.24) is 9.88 Å². The molecule has 0 unspecified atom stereocenters. The number of aromatic nitrogens is 1. The Labute approximate surface area is 174 Å². The normalized spacial score (nSPS) is 10.2. The van der Waals surface area contributed by atoms with E-state index in [-0.39, 0.29) is 11.6 Å². The van der Waals surface area contributed by atoms with E-state index in [2.05, 4.69) is 11.4 Å². The third kappa shape index (κ3) is 4.08. The van der Waals surface area contributed by atoms with Crippen LogP contribution in [0.25, 0.3) is 5.69 Å². The van der Waals surface area contributed by atoms with Gasteiger partial charge in [-0.25, -0.2) is 0 Å². The second-order valence-electron chi connectivity index (χ2n) is 6.61. The Kier molecular flexibility index (Phi) is 5.59. The van der Waals surface area contributed by atoms with Gasteiger partial charge in [0.1, 0.15) is 17.5 Å². The van der Waals surface area contributed by atoms with E-state index in [9.17, 15) is 10.1 Å². The molecule has 1 aromatic heterocycles. The number of ether oxygens (including phenoxy) is 1. The van der Waals surface area contributed by atoms with Crippen molar-refractivity contribution in [3.05, 3.63) is 114 Å². The zero-order valence-corrected chi connectivity index (χ0v) is 16.2. The number of carbonyl (C=O) groups is 1. The molecular weight excluding hydrogens is 374 g/mol. The molecule has 0 saturated carbocycles. The number of rotatable bonds is 6. The lowest BCUT2D eigenvalue weighted by atomic mass is 10.2. The van der Waals surface area contributed by atoms with Crippen molar-refractivity contribution in [2.24, 2.45) is 0 Å². The van der Waals surface area contributed by atoms with Gasteiger partial charge in [-0.1, -0.05) is 60.7 Å². The number of amides is 1. The highest BCUT2D eigenvalue weighted by atomic mass is 16.5. The van der Waals surface area contributed by atoms with E-state index in [0.29, 0.717) is 29.3 Å². The Hall–Kier alpha value is -4.30. The lowest BCUT2D eigenvalue weighted by molar-refractivity contribution is 0.0944. The van der Waals surface area contributed by atoms with Gasteiger partial charge in [0.15, 0.2) is 5.75 Å². The highest BCUT2D eigenvalue weighted by molar-refractivity contribution is 5.96. The van der Waals surface area contributed by atoms with Crippen LogP contribution in [0.2, 0.25) is 0 Å². The minimum Gasteiger partial charge on any atom is -0.455 e. The van der Waals surface area contributed by atoms with Crippen molar-refractivity contribution >= 4 is 5.91 Å². The molecule has 0 aliphatic heterocycles. The minimum atomic E-state index is -0.324. The Morgan fingerprint density at radius 3 is 2.30 bits per heavy atom. The molecule has 0 aliphatic carbocycles. The van der Waals surface area contributed by atoms with E-state index in [1.54, 1.807) is 16.8 Å². The second-order valence-corrected chi connectivity index (χ2v) is 6.61. The summed E-state index contributed by atoms with van der Waals surface area (Å²) >= 11 is 0. The number of nitriles is 1. The summed E-state index contributed by atoms with van der Waals surface area (Å²) in [4.78, 5) is 13.0. The molecular formula is C25H19N3O2. The van der Waals surface area contributed by atoms with E-state index in [0.717, 1.165) is 5.56 Å². The number of hydrogen-bond donors (Lipinski definition) is 1. The number of nitrogens with one attached hydrogen (secondary N) is 1. The van der Waals surface area contributed by atoms with Gasteiger partial charge in [0.2, 0.25) is 0 Å². The molecule has 0 spiro atoms. The SMILES string of the molecule is N#Cc1ccn(-c2ccccc2Oc2ccccc2)c1C(=O)NCc1ccccc1. The highest BCUT2D eigenvalue weighted by Crippen LogP contribution is 2.30. The van der Waals surface area contributed by atoms with E-state index in [4.69, 9.17) is 4.74 Å². The summed E-state index contributed by atoms with van der Waals surface area (Å²) in [5, 5.41) is 12.4. The smallest absolute Gasteiger partial charge is 0.269 e. The fraction of sp³-hybridized carbons (Fsp3) is 0.0400. The first-order valence-electron chi connectivity index (χ1n) is 9.52. The Morgan fingerprint density at radius 2 is 1.57 bits per heavy atom. The first-order chi connectivity index (χ1) is 14.8. The molecule has 4 aromatic rings. The minimum absolute atomic E-state index is 0.276. The summed E-state index contributed by atoms with van der Waals surface area (Å²) in [7, 11) is 0. The molecule has 5 heteroatoms. The van der Waals surface area contributed by atoms with Crippen LogP contribution in [0.5, 0.6) is 11.5 Å². The van der Waals surface area contributed by atoms with Crippen molar-refractivity contribution in [3.63, 3.8) is 0 Å². The fourth-order valence-electron chi connectivity index (χ4n) is 3.17. The monoisotopic (exact) mass is 393 g/mol. The topological polar surface area (TPSA) is 67.0 Å². The number of nitrogens with zero attached hydrogens (tertiary/aromatic N) is 2. The fourth-order valence-corrected chi connectivity index (χ4v) is 3.17. The van der Waals surface area contributed by atoms with Gasteiger partial charge in [-0.3, -0.25) is 4.79 Å². The molecule has 0 radical (unpaired) electrons. The summed E-state index contributed by atoms with van der Waals surface area (Å²) < 4.78 is 7.73. The number of hydrogen-bond acceptors (Lipinski definition) is 3. The zero-order valence-electron chi connectivity index (χ0n) is 16.2. The molecule has 0 aliphatic rings. The van der Waals surface area contributed by atoms with Crippen molar-refractivity contribution in [1.29, 1.82) is 5.26 Å². The molecule has 1 heterocycles. The maximum atomic E-state index is 13.0. The quantitative estimate of drug-likeness (QED) is 0.497. The standard InChI is InChI=1S/C25H19N3O2/c26-17-20-15-16-28(24(20)25(29)27-18-19-9-3-1-4-10-19)22-13-7-8-14-23(22)30-21-11-5-2-6-12-21/h1-16H,18H2,(H,27,29). The third-order valence-electron chi connectivity index (χ3n) is 4.61. The van der Waals surface area contributed by atoms with Crippen LogP contribution in [0.3, 0.4) is 0 Å². The van der Waals surface area contributed by atoms with Gasteiger partial charge in [0, 0.05) is 12.7 Å². The van der Waals surface area contributed by atoms with Crippen LogP contribution >= 0.6 is 0 Å². The van der Waals surface area contributed by atoms with Gasteiger partial charge in [-0.2, -0.15) is 5.26 Å². The molecule has 0 saturated heterocycles. The maximum absolute atomic E-state index is 13.0. The van der Waals surface area contributed by atoms with Crippen LogP contribution in [-0.2, 0) is 6.54 Å². The van der Waals surface area contributed by atoms with Gasteiger partial charge in [0.25, 0.3) is 5.91 Å². The largest absolute Gasteiger partial charge is 0.455 e. The van der Waals surface area contributed by atoms with Crippen LogP contribution in [-0.4, -0.2) is 10.5 Å². The molecule has 0 atom stereocenters. The predicted molar refractivity (Wildman–Crippen MR) is 115 cm³/mol. The third-order valence-corrected chi connectivity index (χ3v) is 4.61. The first kappa shape index (κ1) is 19.0. The van der Waals surface area contributed by atoms with E-state index in [1.807, 2.05) is 84.9 Å². The zero-order chi connectivity index (χ0) is 20.8. The van der Waals surface area contributed by atoms with Crippen molar-refractivity contribution < 1.29 is 9.53 Å². The maximum Gasteiger partial charge on any atom is 0.269 e. The molecule has 30 heavy (non-hydrogen) atoms. The van der Waals surface area contributed by atoms with Crippen LogP contribution in [0, 0.1) is 11.3 Å². The average Bonchev–Trinajstić information content (AvgIpc) is 3.23. The van der Waals surface area contributed by atoms with Crippen molar-refractivity contribution in [2.45, 2.75) is 6.54 Å². The van der Waals surface area contributed by atoms with Crippen LogP contribution in [0.15, 0.2) is 97.2 Å². The van der Waals surface area contributed by atoms with Gasteiger partial charge in [0.05, 0.1) is 11.3 Å². The number of para-hydroxylation sites is 3. The van der Waals surface area contributed by atoms with E-state index < -0.39 is 0 Å². The molecule has 1 amide bonds. The Balaban J connectivity index is 1.67. The predicted octanol–water partition coefficient (Wildman–Crippen LogP) is 5.07. The molecule has 1 N–H and O–H groups in total. The average molecular weight is 393 g/mol. The van der Waals surface area contributed by atoms with Gasteiger partial charge in [-0.15, -0.1) is 0 Å². The molecule has 146 valence electrons. The van der Waals surface area contributed by atoms with Gasteiger partial charge in [-0.05, 0) is 35.9 Å². The van der Waals surface area contributed by atoms with Crippen LogP contribution in [0.4, 0.5) is 0 Å². The first-order valence-corrected chi connectivity index (χ1v) is 9.52. The molecule has 0 fully saturated rings. The lowest BCUT2D eigenvalue weighted by Crippen LogP contribution is -2.26. The van der Waals surface area contributed by atoms with Crippen molar-refractivity contribution in [2.75, 3.05) is 0 Å². The Morgan fingerprint density at radius 1 is 0.900 bits per heavy atom. The summed E-state index contributed by atoms with van der Waals surface area (Å²) in [6.45, 7) is 0.373. The van der Waals surface area contributed by atoms with E-state index in [1.165, 1.54) is 0 Å². The Bertz CT molecular complexity index is 1190. The van der Waals surface area contributed by atoms with Crippen molar-refractivity contribution in [3.8, 4) is 23.3 Å². The summed E-state index contributed by atoms with van der Waals surface area (Å²) in [5.74, 6) is 0.948. The van der Waals surface area contributed by atoms with Crippen LogP contribution < -0.4 is 10.1 Å². The molecule has 0 bridgehead atoms. The summed E-state index contributed by atoms with van der Waals surface area (Å²) in [5.41, 5.74) is 2.23. The number of carbonyl (C=O) groups excluding carboxylic acids is 1. The lowest BCUT2D eigenvalue weighted by Gasteiger charge is -2.15. The summed E-state index contributed by atoms with van der Waals surface area (Å²) in [6.07, 6.45) is 1.71. The van der Waals surface area contributed by atoms with Crippen LogP contribution in [0.1, 0.15) is 21.6 Å². The second kappa shape index (κ2) is 8.80. The van der Waals surface area contributed by atoms with E-state index >= 15 is 0 Å². The summed E-state index contributed by atoms with van der Waals surface area (Å²) in [6, 6.07) is 30.2.